The monoisotopic (exact) mass is 373 g/mol. The number of benzene rings is 1. The van der Waals surface area contributed by atoms with Gasteiger partial charge in [0.05, 0.1) is 28.4 Å². The zero-order valence-corrected chi connectivity index (χ0v) is 15.8. The van der Waals surface area contributed by atoms with Crippen LogP contribution in [0.3, 0.4) is 0 Å². The molecule has 0 aliphatic heterocycles. The summed E-state index contributed by atoms with van der Waals surface area (Å²) >= 11 is 0. The number of nitrogens with one attached hydrogen (secondary N) is 1. The number of hydrogen-bond donors (Lipinski definition) is 1. The number of ether oxygens (including phenoxy) is 4. The second-order valence-corrected chi connectivity index (χ2v) is 5.60. The van der Waals surface area contributed by atoms with Crippen LogP contribution < -0.4 is 29.7 Å². The molecule has 0 radical (unpaired) electrons. The average molecular weight is 373 g/mol. The van der Waals surface area contributed by atoms with Crippen molar-refractivity contribution in [2.24, 2.45) is 0 Å². The molecule has 27 heavy (non-hydrogen) atoms. The molecule has 0 bridgehead atoms. The molecule has 0 unspecified atom stereocenters. The minimum Gasteiger partial charge on any atom is -0.493 e. The Morgan fingerprint density at radius 2 is 1.44 bits per heavy atom. The first-order valence-electron chi connectivity index (χ1n) is 8.30. The highest BCUT2D eigenvalue weighted by molar-refractivity contribution is 5.90. The number of aryl methyl sites for hydroxylation is 1. The highest BCUT2D eigenvalue weighted by Crippen LogP contribution is 2.40. The van der Waals surface area contributed by atoms with E-state index in [4.69, 9.17) is 18.9 Å². The van der Waals surface area contributed by atoms with Crippen LogP contribution in [0.1, 0.15) is 12.0 Å². The highest BCUT2D eigenvalue weighted by Gasteiger charge is 2.16. The van der Waals surface area contributed by atoms with E-state index < -0.39 is 0 Å². The molecule has 0 saturated carbocycles. The smallest absolute Gasteiger partial charge is 0.224 e. The molecule has 7 nitrogen and oxygen atoms in total. The molecule has 0 aromatic heterocycles. The Labute approximate surface area is 157 Å². The van der Waals surface area contributed by atoms with Crippen LogP contribution in [0, 0.1) is 0 Å². The molecule has 0 aliphatic carbocycles. The normalized spacial score (nSPS) is 10.1. The van der Waals surface area contributed by atoms with Crippen molar-refractivity contribution in [3.8, 4) is 23.0 Å². The third-order valence-electron chi connectivity index (χ3n) is 3.98. The van der Waals surface area contributed by atoms with E-state index in [9.17, 15) is 9.59 Å². The third-order valence-corrected chi connectivity index (χ3v) is 3.98. The SMILES string of the molecule is COc1ccc(CCC(=O)Nc2ccc(OC)c(=O)cc2)c(OC)c1OC. The van der Waals surface area contributed by atoms with Gasteiger partial charge in [0.2, 0.25) is 17.1 Å². The van der Waals surface area contributed by atoms with Crippen LogP contribution in [-0.2, 0) is 11.2 Å². The molecular formula is C20H23NO6. The zero-order chi connectivity index (χ0) is 19.8. The Morgan fingerprint density at radius 3 is 2.07 bits per heavy atom. The third kappa shape index (κ3) is 4.91. The average Bonchev–Trinajstić information content (AvgIpc) is 2.86. The van der Waals surface area contributed by atoms with Crippen LogP contribution in [-0.4, -0.2) is 34.3 Å². The van der Waals surface area contributed by atoms with E-state index in [0.29, 0.717) is 29.4 Å². The van der Waals surface area contributed by atoms with E-state index in [0.717, 1.165) is 5.56 Å². The van der Waals surface area contributed by atoms with Crippen molar-refractivity contribution in [1.29, 1.82) is 0 Å². The van der Waals surface area contributed by atoms with Gasteiger partial charge < -0.3 is 24.3 Å². The summed E-state index contributed by atoms with van der Waals surface area (Å²) in [5, 5.41) is 2.77. The fraction of sp³-hybridized carbons (Fsp3) is 0.300. The predicted octanol–water partition coefficient (Wildman–Crippen LogP) is 2.65. The lowest BCUT2D eigenvalue weighted by Gasteiger charge is -2.15. The van der Waals surface area contributed by atoms with E-state index >= 15 is 0 Å². The van der Waals surface area contributed by atoms with Gasteiger partial charge in [0.15, 0.2) is 17.2 Å². The fourth-order valence-corrected chi connectivity index (χ4v) is 2.63. The Morgan fingerprint density at radius 1 is 0.815 bits per heavy atom. The van der Waals surface area contributed by atoms with Crippen molar-refractivity contribution in [3.05, 3.63) is 52.2 Å². The van der Waals surface area contributed by atoms with E-state index in [2.05, 4.69) is 5.32 Å². The number of anilines is 1. The van der Waals surface area contributed by atoms with Gasteiger partial charge in [-0.15, -0.1) is 0 Å². The summed E-state index contributed by atoms with van der Waals surface area (Å²) in [6, 6.07) is 9.65. The minimum absolute atomic E-state index is 0.190. The lowest BCUT2D eigenvalue weighted by Crippen LogP contribution is -2.12. The number of carbonyl (C=O) groups is 1. The number of hydrogen-bond acceptors (Lipinski definition) is 6. The molecule has 2 rings (SSSR count). The van der Waals surface area contributed by atoms with E-state index in [1.54, 1.807) is 32.4 Å². The summed E-state index contributed by atoms with van der Waals surface area (Å²) < 4.78 is 21.0. The van der Waals surface area contributed by atoms with Gasteiger partial charge in [0, 0.05) is 12.1 Å². The lowest BCUT2D eigenvalue weighted by molar-refractivity contribution is -0.116. The Kier molecular flexibility index (Phi) is 7.05. The van der Waals surface area contributed by atoms with Gasteiger partial charge in [0.25, 0.3) is 0 Å². The number of carbonyl (C=O) groups excluding carboxylic acids is 1. The molecule has 0 fully saturated rings. The maximum Gasteiger partial charge on any atom is 0.224 e. The maximum absolute atomic E-state index is 12.3. The Hall–Kier alpha value is -3.22. The molecule has 144 valence electrons. The standard InChI is InChI=1S/C20H23NO6/c1-24-16-11-8-14(7-9-15(16)22)21-18(23)12-6-13-5-10-17(25-2)20(27-4)19(13)26-3/h5,7-11H,6,12H2,1-4H3,(H,21,23). The van der Waals surface area contributed by atoms with Crippen molar-refractivity contribution in [3.63, 3.8) is 0 Å². The number of methoxy groups -OCH3 is 4. The number of amides is 1. The molecule has 0 heterocycles. The molecule has 0 aliphatic rings. The van der Waals surface area contributed by atoms with Crippen molar-refractivity contribution in [2.75, 3.05) is 33.8 Å². The van der Waals surface area contributed by atoms with Crippen LogP contribution in [0.25, 0.3) is 0 Å². The largest absolute Gasteiger partial charge is 0.493 e. The first-order valence-corrected chi connectivity index (χ1v) is 8.30. The second-order valence-electron chi connectivity index (χ2n) is 5.60. The summed E-state index contributed by atoms with van der Waals surface area (Å²) in [6.07, 6.45) is 0.677. The summed E-state index contributed by atoms with van der Waals surface area (Å²) in [5.74, 6) is 1.61. The Bertz CT molecular complexity index is 865. The topological polar surface area (TPSA) is 83.1 Å². The van der Waals surface area contributed by atoms with Gasteiger partial charge in [-0.05, 0) is 42.3 Å². The van der Waals surface area contributed by atoms with Gasteiger partial charge >= 0.3 is 0 Å². The maximum atomic E-state index is 12.3. The lowest BCUT2D eigenvalue weighted by atomic mass is 10.1. The first-order chi connectivity index (χ1) is 13.0. The molecule has 1 amide bonds. The summed E-state index contributed by atoms with van der Waals surface area (Å²) in [7, 11) is 6.04. The summed E-state index contributed by atoms with van der Waals surface area (Å²) in [6.45, 7) is 0. The van der Waals surface area contributed by atoms with Crippen LogP contribution in [0.4, 0.5) is 5.69 Å². The molecule has 0 spiro atoms. The molecular weight excluding hydrogens is 350 g/mol. The van der Waals surface area contributed by atoms with Gasteiger partial charge in [-0.3, -0.25) is 9.59 Å². The summed E-state index contributed by atoms with van der Waals surface area (Å²) in [5.41, 5.74) is 1.08. The molecule has 0 atom stereocenters. The fourth-order valence-electron chi connectivity index (χ4n) is 2.63. The van der Waals surface area contributed by atoms with E-state index in [1.165, 1.54) is 26.4 Å². The molecule has 2 aromatic carbocycles. The first kappa shape index (κ1) is 20.1. The Balaban J connectivity index is 2.10. The van der Waals surface area contributed by atoms with Gasteiger partial charge in [0.1, 0.15) is 0 Å². The zero-order valence-electron chi connectivity index (χ0n) is 15.8. The van der Waals surface area contributed by atoms with Gasteiger partial charge in [-0.1, -0.05) is 6.07 Å². The van der Waals surface area contributed by atoms with Crippen molar-refractivity contribution >= 4 is 11.6 Å². The highest BCUT2D eigenvalue weighted by atomic mass is 16.5. The van der Waals surface area contributed by atoms with Gasteiger partial charge in [-0.25, -0.2) is 0 Å². The number of rotatable bonds is 8. The molecule has 1 N–H and O–H groups in total. The molecule has 0 saturated heterocycles. The van der Waals surface area contributed by atoms with Crippen LogP contribution in [0.2, 0.25) is 0 Å². The van der Waals surface area contributed by atoms with E-state index in [1.807, 2.05) is 6.07 Å². The second kappa shape index (κ2) is 9.47. The van der Waals surface area contributed by atoms with Crippen LogP contribution in [0.15, 0.2) is 41.2 Å². The summed E-state index contributed by atoms with van der Waals surface area (Å²) in [4.78, 5) is 24.0. The van der Waals surface area contributed by atoms with Crippen LogP contribution in [0.5, 0.6) is 23.0 Å². The molecule has 7 heteroatoms. The van der Waals surface area contributed by atoms with Crippen molar-refractivity contribution in [1.82, 2.24) is 0 Å². The van der Waals surface area contributed by atoms with Gasteiger partial charge in [-0.2, -0.15) is 0 Å². The predicted molar refractivity (Wildman–Crippen MR) is 102 cm³/mol. The van der Waals surface area contributed by atoms with E-state index in [-0.39, 0.29) is 23.5 Å². The minimum atomic E-state index is -0.256. The van der Waals surface area contributed by atoms with Crippen LogP contribution >= 0.6 is 0 Å². The molecule has 2 aromatic rings. The van der Waals surface area contributed by atoms with Crippen molar-refractivity contribution in [2.45, 2.75) is 12.8 Å². The van der Waals surface area contributed by atoms with Crippen molar-refractivity contribution < 1.29 is 23.7 Å². The quantitative estimate of drug-likeness (QED) is 0.766.